The van der Waals surface area contributed by atoms with Gasteiger partial charge in [0.25, 0.3) is 5.69 Å². The maximum Gasteiger partial charge on any atom is 0.271 e. The molecule has 102 valence electrons. The molecule has 2 aromatic carbocycles. The van der Waals surface area contributed by atoms with Crippen LogP contribution in [0.15, 0.2) is 36.4 Å². The van der Waals surface area contributed by atoms with Crippen LogP contribution in [0.5, 0.6) is 11.5 Å². The summed E-state index contributed by atoms with van der Waals surface area (Å²) in [6.45, 7) is 0. The lowest BCUT2D eigenvalue weighted by Crippen LogP contribution is -1.93. The van der Waals surface area contributed by atoms with Crippen molar-refractivity contribution in [1.29, 1.82) is 0 Å². The zero-order chi connectivity index (χ0) is 14.7. The number of nitrogens with zero attached hydrogens (tertiary/aromatic N) is 1. The second-order valence-electron chi connectivity index (χ2n) is 3.74. The molecule has 0 fully saturated rings. The van der Waals surface area contributed by atoms with Crippen LogP contribution in [0, 0.1) is 10.1 Å². The van der Waals surface area contributed by atoms with Gasteiger partial charge in [0, 0.05) is 12.1 Å². The first-order chi connectivity index (χ1) is 9.52. The van der Waals surface area contributed by atoms with Crippen LogP contribution in [0.1, 0.15) is 10.4 Å². The van der Waals surface area contributed by atoms with Crippen molar-refractivity contribution in [1.82, 2.24) is 0 Å². The predicted molar refractivity (Wildman–Crippen MR) is 75.0 cm³/mol. The van der Waals surface area contributed by atoms with Crippen LogP contribution in [-0.4, -0.2) is 11.2 Å². The standard InChI is InChI=1S/C13H7Cl2NO4/c14-10-2-1-3-12(9(10)7-17)20-13-5-4-8(16(18)19)6-11(13)15/h1-7H. The van der Waals surface area contributed by atoms with Crippen LogP contribution in [-0.2, 0) is 0 Å². The van der Waals surface area contributed by atoms with Crippen molar-refractivity contribution in [2.45, 2.75) is 0 Å². The first-order valence-corrected chi connectivity index (χ1v) is 6.14. The Bertz CT molecular complexity index is 688. The molecule has 20 heavy (non-hydrogen) atoms. The van der Waals surface area contributed by atoms with Gasteiger partial charge in [-0.25, -0.2) is 0 Å². The third kappa shape index (κ3) is 2.89. The van der Waals surface area contributed by atoms with E-state index in [2.05, 4.69) is 0 Å². The highest BCUT2D eigenvalue weighted by atomic mass is 35.5. The van der Waals surface area contributed by atoms with E-state index in [1.807, 2.05) is 0 Å². The van der Waals surface area contributed by atoms with E-state index in [9.17, 15) is 14.9 Å². The van der Waals surface area contributed by atoms with Gasteiger partial charge in [-0.1, -0.05) is 29.3 Å². The van der Waals surface area contributed by atoms with Crippen molar-refractivity contribution in [3.05, 3.63) is 62.1 Å². The number of hydrogen-bond acceptors (Lipinski definition) is 4. The number of benzene rings is 2. The van der Waals surface area contributed by atoms with Gasteiger partial charge in [0.2, 0.25) is 0 Å². The van der Waals surface area contributed by atoms with Crippen LogP contribution in [0.25, 0.3) is 0 Å². The summed E-state index contributed by atoms with van der Waals surface area (Å²) in [5, 5.41) is 10.9. The zero-order valence-electron chi connectivity index (χ0n) is 9.88. The highest BCUT2D eigenvalue weighted by Crippen LogP contribution is 2.34. The molecule has 0 heterocycles. The topological polar surface area (TPSA) is 69.4 Å². The van der Waals surface area contributed by atoms with Gasteiger partial charge in [-0.3, -0.25) is 14.9 Å². The Morgan fingerprint density at radius 3 is 2.45 bits per heavy atom. The molecular weight excluding hydrogens is 305 g/mol. The summed E-state index contributed by atoms with van der Waals surface area (Å²) in [4.78, 5) is 21.0. The summed E-state index contributed by atoms with van der Waals surface area (Å²) in [6.07, 6.45) is 0.566. The van der Waals surface area contributed by atoms with Gasteiger partial charge in [-0.05, 0) is 18.2 Å². The average molecular weight is 312 g/mol. The second kappa shape index (κ2) is 5.90. The Morgan fingerprint density at radius 1 is 1.10 bits per heavy atom. The van der Waals surface area contributed by atoms with Crippen molar-refractivity contribution in [2.24, 2.45) is 0 Å². The fourth-order valence-corrected chi connectivity index (χ4v) is 1.95. The van der Waals surface area contributed by atoms with Crippen molar-refractivity contribution >= 4 is 35.2 Å². The maximum atomic E-state index is 11.0. The molecule has 0 saturated heterocycles. The van der Waals surface area contributed by atoms with Crippen molar-refractivity contribution in [3.8, 4) is 11.5 Å². The first-order valence-electron chi connectivity index (χ1n) is 5.38. The van der Waals surface area contributed by atoms with Crippen LogP contribution < -0.4 is 4.74 Å². The van der Waals surface area contributed by atoms with Gasteiger partial charge >= 0.3 is 0 Å². The first kappa shape index (κ1) is 14.3. The summed E-state index contributed by atoms with van der Waals surface area (Å²) >= 11 is 11.8. The van der Waals surface area contributed by atoms with E-state index in [0.717, 1.165) is 0 Å². The Labute approximate surface area is 123 Å². The van der Waals surface area contributed by atoms with Crippen LogP contribution in [0.3, 0.4) is 0 Å². The summed E-state index contributed by atoms with van der Waals surface area (Å²) in [5.41, 5.74) is 0.0349. The van der Waals surface area contributed by atoms with E-state index in [1.165, 1.54) is 18.2 Å². The Morgan fingerprint density at radius 2 is 1.85 bits per heavy atom. The van der Waals surface area contributed by atoms with Crippen LogP contribution in [0.4, 0.5) is 5.69 Å². The largest absolute Gasteiger partial charge is 0.455 e. The van der Waals surface area contributed by atoms with Gasteiger partial charge in [0.05, 0.1) is 20.5 Å². The van der Waals surface area contributed by atoms with Crippen molar-refractivity contribution in [3.63, 3.8) is 0 Å². The second-order valence-corrected chi connectivity index (χ2v) is 4.56. The molecule has 0 aliphatic heterocycles. The molecular formula is C13H7Cl2NO4. The van der Waals surface area contributed by atoms with Gasteiger partial charge in [0.15, 0.2) is 6.29 Å². The minimum absolute atomic E-state index is 0.0658. The number of halogens is 2. The third-order valence-electron chi connectivity index (χ3n) is 2.48. The molecule has 0 atom stereocenters. The highest BCUT2D eigenvalue weighted by molar-refractivity contribution is 6.33. The molecule has 0 saturated carbocycles. The monoisotopic (exact) mass is 311 g/mol. The number of rotatable bonds is 4. The molecule has 0 aromatic heterocycles. The quantitative estimate of drug-likeness (QED) is 0.473. The van der Waals surface area contributed by atoms with Crippen LogP contribution in [0.2, 0.25) is 10.0 Å². The number of nitro benzene ring substituents is 1. The number of hydrogen-bond donors (Lipinski definition) is 0. The molecule has 7 heteroatoms. The SMILES string of the molecule is O=Cc1c(Cl)cccc1Oc1ccc([N+](=O)[O-])cc1Cl. The minimum Gasteiger partial charge on any atom is -0.455 e. The Hall–Kier alpha value is -2.11. The summed E-state index contributed by atoms with van der Waals surface area (Å²) in [5.74, 6) is 0.422. The average Bonchev–Trinajstić information content (AvgIpc) is 2.41. The van der Waals surface area contributed by atoms with Gasteiger partial charge in [-0.2, -0.15) is 0 Å². The lowest BCUT2D eigenvalue weighted by molar-refractivity contribution is -0.384. The minimum atomic E-state index is -0.564. The van der Waals surface area contributed by atoms with Crippen LogP contribution >= 0.6 is 23.2 Å². The molecule has 0 aliphatic carbocycles. The summed E-state index contributed by atoms with van der Waals surface area (Å²) < 4.78 is 5.48. The molecule has 0 N–H and O–H groups in total. The summed E-state index contributed by atoms with van der Waals surface area (Å²) in [6, 6.07) is 8.50. The van der Waals surface area contributed by atoms with E-state index in [-0.39, 0.29) is 32.8 Å². The predicted octanol–water partition coefficient (Wildman–Crippen LogP) is 4.51. The molecule has 0 unspecified atom stereocenters. The zero-order valence-corrected chi connectivity index (χ0v) is 11.4. The normalized spacial score (nSPS) is 10.1. The molecule has 5 nitrogen and oxygen atoms in total. The highest BCUT2D eigenvalue weighted by Gasteiger charge is 2.13. The molecule has 0 bridgehead atoms. The third-order valence-corrected chi connectivity index (χ3v) is 3.10. The fraction of sp³-hybridized carbons (Fsp3) is 0. The summed E-state index contributed by atoms with van der Waals surface area (Å²) in [7, 11) is 0. The lowest BCUT2D eigenvalue weighted by atomic mass is 10.2. The Balaban J connectivity index is 2.38. The number of carbonyl (C=O) groups is 1. The van der Waals surface area contributed by atoms with Crippen molar-refractivity contribution < 1.29 is 14.5 Å². The van der Waals surface area contributed by atoms with Gasteiger partial charge in [-0.15, -0.1) is 0 Å². The lowest BCUT2D eigenvalue weighted by Gasteiger charge is -2.10. The fourth-order valence-electron chi connectivity index (χ4n) is 1.53. The Kier molecular flexibility index (Phi) is 4.22. The number of carbonyl (C=O) groups excluding carboxylic acids is 1. The van der Waals surface area contributed by atoms with E-state index in [0.29, 0.717) is 6.29 Å². The molecule has 0 aliphatic rings. The molecule has 2 aromatic rings. The molecule has 0 spiro atoms. The smallest absolute Gasteiger partial charge is 0.271 e. The number of non-ortho nitro benzene ring substituents is 1. The molecule has 0 amide bonds. The van der Waals surface area contributed by atoms with E-state index < -0.39 is 4.92 Å². The van der Waals surface area contributed by atoms with E-state index >= 15 is 0 Å². The van der Waals surface area contributed by atoms with E-state index in [1.54, 1.807) is 18.2 Å². The number of ether oxygens (including phenoxy) is 1. The van der Waals surface area contributed by atoms with Gasteiger partial charge < -0.3 is 4.74 Å². The number of aldehydes is 1. The molecule has 0 radical (unpaired) electrons. The maximum absolute atomic E-state index is 11.0. The van der Waals surface area contributed by atoms with Crippen molar-refractivity contribution in [2.75, 3.05) is 0 Å². The van der Waals surface area contributed by atoms with Gasteiger partial charge in [0.1, 0.15) is 11.5 Å². The molecule has 2 rings (SSSR count). The van der Waals surface area contributed by atoms with E-state index in [4.69, 9.17) is 27.9 Å². The number of nitro groups is 1.